The van der Waals surface area contributed by atoms with Crippen LogP contribution < -0.4 is 0 Å². The third kappa shape index (κ3) is 2.12. The van der Waals surface area contributed by atoms with Crippen LogP contribution in [0, 0.1) is 0 Å². The molecule has 0 spiro atoms. The first-order chi connectivity index (χ1) is 9.70. The van der Waals surface area contributed by atoms with Gasteiger partial charge in [-0.2, -0.15) is 0 Å². The monoisotopic (exact) mass is 283 g/mol. The highest BCUT2D eigenvalue weighted by Crippen LogP contribution is 2.24. The second kappa shape index (κ2) is 5.14. The zero-order valence-electron chi connectivity index (χ0n) is 11.1. The van der Waals surface area contributed by atoms with Gasteiger partial charge in [-0.25, -0.2) is 0 Å². The first-order valence-electron chi connectivity index (χ1n) is 6.59. The Kier molecular flexibility index (Phi) is 3.33. The molecule has 2 aromatic carbocycles. The van der Waals surface area contributed by atoms with Gasteiger partial charge in [-0.3, -0.25) is 4.79 Å². The van der Waals surface area contributed by atoms with Crippen molar-refractivity contribution < 1.29 is 4.79 Å². The zero-order chi connectivity index (χ0) is 14.1. The molecule has 0 aliphatic carbocycles. The lowest BCUT2D eigenvalue weighted by atomic mass is 10.0. The maximum absolute atomic E-state index is 12.6. The molecule has 20 heavy (non-hydrogen) atoms. The summed E-state index contributed by atoms with van der Waals surface area (Å²) in [5.41, 5.74) is 2.49. The topological polar surface area (TPSA) is 22.0 Å². The minimum absolute atomic E-state index is 0.0325. The lowest BCUT2D eigenvalue weighted by Crippen LogP contribution is -2.00. The summed E-state index contributed by atoms with van der Waals surface area (Å²) in [6.45, 7) is 2.91. The molecule has 0 fully saturated rings. The highest BCUT2D eigenvalue weighted by Gasteiger charge is 2.15. The van der Waals surface area contributed by atoms with Gasteiger partial charge in [-0.1, -0.05) is 29.8 Å². The van der Waals surface area contributed by atoms with Crippen LogP contribution in [0.1, 0.15) is 22.8 Å². The minimum Gasteiger partial charge on any atom is -0.347 e. The number of fused-ring (bicyclic) bond motifs is 1. The predicted octanol–water partition coefficient (Wildman–Crippen LogP) is 4.55. The van der Waals surface area contributed by atoms with E-state index in [0.29, 0.717) is 10.6 Å². The fourth-order valence-electron chi connectivity index (χ4n) is 2.45. The van der Waals surface area contributed by atoms with Crippen LogP contribution in [-0.2, 0) is 6.54 Å². The average Bonchev–Trinajstić information content (AvgIpc) is 2.86. The SMILES string of the molecule is CCn1cc(C(=O)c2ccc(Cl)cc2)c2ccccc21. The summed E-state index contributed by atoms with van der Waals surface area (Å²) >= 11 is 5.87. The van der Waals surface area contributed by atoms with E-state index < -0.39 is 0 Å². The highest BCUT2D eigenvalue weighted by atomic mass is 35.5. The van der Waals surface area contributed by atoms with Gasteiger partial charge in [0.15, 0.2) is 5.78 Å². The Morgan fingerprint density at radius 2 is 1.80 bits per heavy atom. The van der Waals surface area contributed by atoms with Crippen molar-refractivity contribution in [2.45, 2.75) is 13.5 Å². The third-order valence-electron chi connectivity index (χ3n) is 3.48. The summed E-state index contributed by atoms with van der Waals surface area (Å²) in [5.74, 6) is 0.0325. The van der Waals surface area contributed by atoms with Crippen LogP contribution in [0.15, 0.2) is 54.7 Å². The normalized spacial score (nSPS) is 10.9. The minimum atomic E-state index is 0.0325. The van der Waals surface area contributed by atoms with Gasteiger partial charge in [-0.15, -0.1) is 0 Å². The second-order valence-corrected chi connectivity index (χ2v) is 5.12. The maximum atomic E-state index is 12.6. The van der Waals surface area contributed by atoms with Crippen molar-refractivity contribution in [3.8, 4) is 0 Å². The highest BCUT2D eigenvalue weighted by molar-refractivity contribution is 6.30. The van der Waals surface area contributed by atoms with Gasteiger partial charge in [0.2, 0.25) is 0 Å². The maximum Gasteiger partial charge on any atom is 0.195 e. The zero-order valence-corrected chi connectivity index (χ0v) is 11.9. The van der Waals surface area contributed by atoms with Crippen molar-refractivity contribution in [1.29, 1.82) is 0 Å². The van der Waals surface area contributed by atoms with Crippen LogP contribution in [-0.4, -0.2) is 10.4 Å². The van der Waals surface area contributed by atoms with Gasteiger partial charge in [0, 0.05) is 39.8 Å². The van der Waals surface area contributed by atoms with E-state index in [2.05, 4.69) is 11.5 Å². The van der Waals surface area contributed by atoms with E-state index in [1.165, 1.54) is 0 Å². The number of benzene rings is 2. The first-order valence-corrected chi connectivity index (χ1v) is 6.96. The van der Waals surface area contributed by atoms with Gasteiger partial charge in [0.25, 0.3) is 0 Å². The fourth-order valence-corrected chi connectivity index (χ4v) is 2.57. The molecular weight excluding hydrogens is 270 g/mol. The number of carbonyl (C=O) groups is 1. The number of halogens is 1. The number of nitrogens with zero attached hydrogens (tertiary/aromatic N) is 1. The molecule has 3 heteroatoms. The number of ketones is 1. The van der Waals surface area contributed by atoms with Gasteiger partial charge >= 0.3 is 0 Å². The summed E-state index contributed by atoms with van der Waals surface area (Å²) in [4.78, 5) is 12.6. The molecule has 1 aromatic heterocycles. The molecule has 0 aliphatic rings. The molecule has 3 rings (SSSR count). The molecule has 0 saturated heterocycles. The van der Waals surface area contributed by atoms with E-state index in [1.54, 1.807) is 24.3 Å². The van der Waals surface area contributed by atoms with Crippen molar-refractivity contribution in [3.05, 3.63) is 70.9 Å². The molecular formula is C17H14ClNO. The molecule has 0 unspecified atom stereocenters. The van der Waals surface area contributed by atoms with Crippen LogP contribution in [0.4, 0.5) is 0 Å². The molecule has 3 aromatic rings. The summed E-state index contributed by atoms with van der Waals surface area (Å²) in [6, 6.07) is 15.0. The van der Waals surface area contributed by atoms with Crippen molar-refractivity contribution >= 4 is 28.3 Å². The van der Waals surface area contributed by atoms with Crippen molar-refractivity contribution in [2.24, 2.45) is 0 Å². The number of rotatable bonds is 3. The summed E-state index contributed by atoms with van der Waals surface area (Å²) < 4.78 is 2.10. The Morgan fingerprint density at radius 3 is 2.50 bits per heavy atom. The molecule has 0 radical (unpaired) electrons. The van der Waals surface area contributed by atoms with E-state index in [0.717, 1.165) is 23.0 Å². The van der Waals surface area contributed by atoms with Crippen molar-refractivity contribution in [3.63, 3.8) is 0 Å². The van der Waals surface area contributed by atoms with E-state index in [4.69, 9.17) is 11.6 Å². The van der Waals surface area contributed by atoms with Crippen LogP contribution >= 0.6 is 11.6 Å². The summed E-state index contributed by atoms with van der Waals surface area (Å²) in [5, 5.41) is 1.63. The molecule has 0 bridgehead atoms. The summed E-state index contributed by atoms with van der Waals surface area (Å²) in [7, 11) is 0. The standard InChI is InChI=1S/C17H14ClNO/c1-2-19-11-15(14-5-3-4-6-16(14)19)17(20)12-7-9-13(18)10-8-12/h3-11H,2H2,1H3. The number of hydrogen-bond acceptors (Lipinski definition) is 1. The Bertz CT molecular complexity index is 771. The Labute approximate surface area is 122 Å². The van der Waals surface area contributed by atoms with Gasteiger partial charge in [0.05, 0.1) is 0 Å². The van der Waals surface area contributed by atoms with Crippen molar-refractivity contribution in [2.75, 3.05) is 0 Å². The molecule has 0 amide bonds. The van der Waals surface area contributed by atoms with Gasteiger partial charge in [0.1, 0.15) is 0 Å². The van der Waals surface area contributed by atoms with E-state index >= 15 is 0 Å². The number of carbonyl (C=O) groups excluding carboxylic acids is 1. The fraction of sp³-hybridized carbons (Fsp3) is 0.118. The second-order valence-electron chi connectivity index (χ2n) is 4.68. The smallest absolute Gasteiger partial charge is 0.195 e. The van der Waals surface area contributed by atoms with E-state index in [-0.39, 0.29) is 5.78 Å². The van der Waals surface area contributed by atoms with E-state index in [1.807, 2.05) is 30.5 Å². The number of aryl methyl sites for hydroxylation is 1. The molecule has 0 N–H and O–H groups in total. The average molecular weight is 284 g/mol. The van der Waals surface area contributed by atoms with Gasteiger partial charge in [-0.05, 0) is 37.3 Å². The van der Waals surface area contributed by atoms with Crippen LogP contribution in [0.5, 0.6) is 0 Å². The largest absolute Gasteiger partial charge is 0.347 e. The quantitative estimate of drug-likeness (QED) is 0.647. The lowest BCUT2D eigenvalue weighted by molar-refractivity contribution is 0.104. The molecule has 100 valence electrons. The Balaban J connectivity index is 2.14. The van der Waals surface area contributed by atoms with Crippen molar-refractivity contribution in [1.82, 2.24) is 4.57 Å². The third-order valence-corrected chi connectivity index (χ3v) is 3.73. The van der Waals surface area contributed by atoms with Crippen LogP contribution in [0.2, 0.25) is 5.02 Å². The van der Waals surface area contributed by atoms with E-state index in [9.17, 15) is 4.79 Å². The summed E-state index contributed by atoms with van der Waals surface area (Å²) in [6.07, 6.45) is 1.93. The molecule has 0 aliphatic heterocycles. The lowest BCUT2D eigenvalue weighted by Gasteiger charge is -1.99. The van der Waals surface area contributed by atoms with Crippen LogP contribution in [0.25, 0.3) is 10.9 Å². The number of para-hydroxylation sites is 1. The first kappa shape index (κ1) is 12.9. The number of aromatic nitrogens is 1. The molecule has 0 saturated carbocycles. The van der Waals surface area contributed by atoms with Gasteiger partial charge < -0.3 is 4.57 Å². The Hall–Kier alpha value is -2.06. The predicted molar refractivity (Wildman–Crippen MR) is 82.5 cm³/mol. The molecule has 2 nitrogen and oxygen atoms in total. The molecule has 0 atom stereocenters. The molecule has 1 heterocycles. The Morgan fingerprint density at radius 1 is 1.10 bits per heavy atom. The number of hydrogen-bond donors (Lipinski definition) is 0. The van der Waals surface area contributed by atoms with Crippen LogP contribution in [0.3, 0.4) is 0 Å².